The number of aryl methyl sites for hydroxylation is 1. The molecule has 4 heteroatoms. The molecule has 114 valence electrons. The molecule has 4 nitrogen and oxygen atoms in total. The number of methoxy groups -OCH3 is 3. The smallest absolute Gasteiger partial charge is 0.203 e. The van der Waals surface area contributed by atoms with Crippen LogP contribution in [0.5, 0.6) is 17.2 Å². The maximum absolute atomic E-state index is 12.7. The van der Waals surface area contributed by atoms with Crippen LogP contribution in [-0.2, 0) is 6.42 Å². The van der Waals surface area contributed by atoms with Gasteiger partial charge in [0.2, 0.25) is 5.75 Å². The average molecular weight is 298 g/mol. The summed E-state index contributed by atoms with van der Waals surface area (Å²) in [6.07, 6.45) is 0.890. The molecule has 0 radical (unpaired) electrons. The van der Waals surface area contributed by atoms with Gasteiger partial charge in [-0.15, -0.1) is 0 Å². The molecule has 22 heavy (non-hydrogen) atoms. The Morgan fingerprint density at radius 3 is 2.18 bits per heavy atom. The molecule has 0 amide bonds. The molecule has 1 aliphatic carbocycles. The van der Waals surface area contributed by atoms with Crippen molar-refractivity contribution in [1.29, 1.82) is 0 Å². The number of rotatable bonds is 4. The van der Waals surface area contributed by atoms with Crippen LogP contribution >= 0.6 is 0 Å². The number of hydrogen-bond donors (Lipinski definition) is 0. The lowest BCUT2D eigenvalue weighted by Crippen LogP contribution is -2.00. The molecule has 0 bridgehead atoms. The molecule has 0 spiro atoms. The van der Waals surface area contributed by atoms with Crippen LogP contribution in [0, 0.1) is 0 Å². The Bertz CT molecular complexity index is 762. The third-order valence-electron chi connectivity index (χ3n) is 4.08. The van der Waals surface area contributed by atoms with Gasteiger partial charge in [0.1, 0.15) is 0 Å². The minimum Gasteiger partial charge on any atom is -0.493 e. The first kappa shape index (κ1) is 14.4. The van der Waals surface area contributed by atoms with Gasteiger partial charge in [0, 0.05) is 16.7 Å². The Morgan fingerprint density at radius 2 is 1.59 bits per heavy atom. The normalized spacial score (nSPS) is 11.9. The maximum atomic E-state index is 12.7. The Hall–Kier alpha value is -2.49. The van der Waals surface area contributed by atoms with E-state index in [9.17, 15) is 4.79 Å². The van der Waals surface area contributed by atoms with Crippen LogP contribution in [0.2, 0.25) is 0 Å². The summed E-state index contributed by atoms with van der Waals surface area (Å²) in [5.41, 5.74) is 4.11. The second kappa shape index (κ2) is 5.37. The minimum absolute atomic E-state index is 0.000414. The highest BCUT2D eigenvalue weighted by molar-refractivity contribution is 6.23. The number of benzene rings is 2. The minimum atomic E-state index is -0.000414. The zero-order chi connectivity index (χ0) is 15.9. The summed E-state index contributed by atoms with van der Waals surface area (Å²) in [6.45, 7) is 2.07. The summed E-state index contributed by atoms with van der Waals surface area (Å²) < 4.78 is 16.3. The molecule has 0 N–H and O–H groups in total. The highest BCUT2D eigenvalue weighted by Crippen LogP contribution is 2.51. The summed E-state index contributed by atoms with van der Waals surface area (Å²) in [4.78, 5) is 12.7. The number of ether oxygens (including phenoxy) is 3. The van der Waals surface area contributed by atoms with Crippen molar-refractivity contribution >= 4 is 5.78 Å². The largest absolute Gasteiger partial charge is 0.493 e. The second-order valence-electron chi connectivity index (χ2n) is 5.13. The summed E-state index contributed by atoms with van der Waals surface area (Å²) in [5.74, 6) is 1.53. The molecule has 0 heterocycles. The van der Waals surface area contributed by atoms with Crippen LogP contribution in [0.25, 0.3) is 11.1 Å². The zero-order valence-corrected chi connectivity index (χ0v) is 13.1. The number of carbonyl (C=O) groups is 1. The Morgan fingerprint density at radius 1 is 0.864 bits per heavy atom. The van der Waals surface area contributed by atoms with Crippen LogP contribution in [0.15, 0.2) is 24.3 Å². The van der Waals surface area contributed by atoms with Gasteiger partial charge in [-0.25, -0.2) is 0 Å². The summed E-state index contributed by atoms with van der Waals surface area (Å²) in [6, 6.07) is 7.70. The first-order valence-electron chi connectivity index (χ1n) is 7.17. The molecule has 2 aromatic rings. The lowest BCUT2D eigenvalue weighted by atomic mass is 10.0. The van der Waals surface area contributed by atoms with Crippen LogP contribution in [0.4, 0.5) is 0 Å². The predicted molar refractivity (Wildman–Crippen MR) is 84.3 cm³/mol. The van der Waals surface area contributed by atoms with Crippen molar-refractivity contribution in [2.45, 2.75) is 13.3 Å². The number of ketones is 1. The van der Waals surface area contributed by atoms with Crippen molar-refractivity contribution in [3.05, 3.63) is 41.0 Å². The number of fused-ring (bicyclic) bond motifs is 3. The Kier molecular flexibility index (Phi) is 3.53. The predicted octanol–water partition coefficient (Wildman–Crippen LogP) is 3.49. The molecule has 0 fully saturated rings. The van der Waals surface area contributed by atoms with Gasteiger partial charge in [-0.05, 0) is 29.7 Å². The molecular formula is C18H18O4. The molecular weight excluding hydrogens is 280 g/mol. The van der Waals surface area contributed by atoms with Crippen LogP contribution < -0.4 is 14.2 Å². The van der Waals surface area contributed by atoms with Gasteiger partial charge in [0.15, 0.2) is 17.3 Å². The fraction of sp³-hybridized carbons (Fsp3) is 0.278. The van der Waals surface area contributed by atoms with E-state index in [0.717, 1.165) is 23.1 Å². The van der Waals surface area contributed by atoms with Gasteiger partial charge in [-0.1, -0.05) is 19.1 Å². The van der Waals surface area contributed by atoms with Gasteiger partial charge in [-0.2, -0.15) is 0 Å². The molecule has 0 aliphatic heterocycles. The fourth-order valence-electron chi connectivity index (χ4n) is 2.96. The van der Waals surface area contributed by atoms with Gasteiger partial charge < -0.3 is 14.2 Å². The monoisotopic (exact) mass is 298 g/mol. The van der Waals surface area contributed by atoms with Gasteiger partial charge in [-0.3, -0.25) is 4.79 Å². The molecule has 0 unspecified atom stereocenters. The molecule has 0 atom stereocenters. The lowest BCUT2D eigenvalue weighted by Gasteiger charge is -2.15. The first-order chi connectivity index (χ1) is 10.7. The van der Waals surface area contributed by atoms with Crippen molar-refractivity contribution in [3.8, 4) is 28.4 Å². The van der Waals surface area contributed by atoms with Crippen LogP contribution in [0.1, 0.15) is 28.4 Å². The highest BCUT2D eigenvalue weighted by atomic mass is 16.5. The van der Waals surface area contributed by atoms with Crippen molar-refractivity contribution in [2.75, 3.05) is 21.3 Å². The topological polar surface area (TPSA) is 44.8 Å². The van der Waals surface area contributed by atoms with Crippen molar-refractivity contribution in [3.63, 3.8) is 0 Å². The number of hydrogen-bond acceptors (Lipinski definition) is 4. The first-order valence-corrected chi connectivity index (χ1v) is 7.17. The molecule has 0 aromatic heterocycles. The van der Waals surface area contributed by atoms with E-state index in [2.05, 4.69) is 6.92 Å². The van der Waals surface area contributed by atoms with E-state index in [-0.39, 0.29) is 5.78 Å². The SMILES string of the molecule is CCc1ccc2c(c1)C(=O)c1cc(OC)c(OC)c(OC)c1-2. The van der Waals surface area contributed by atoms with E-state index in [1.54, 1.807) is 27.4 Å². The summed E-state index contributed by atoms with van der Waals surface area (Å²) >= 11 is 0. The zero-order valence-electron chi connectivity index (χ0n) is 13.1. The standard InChI is InChI=1S/C18H18O4/c1-5-10-6-7-11-12(8-10)16(19)13-9-14(20-2)17(21-3)18(22-4)15(11)13/h6-9H,5H2,1-4H3. The quantitative estimate of drug-likeness (QED) is 0.739. The van der Waals surface area contributed by atoms with Crippen LogP contribution in [-0.4, -0.2) is 27.1 Å². The van der Waals surface area contributed by atoms with Gasteiger partial charge >= 0.3 is 0 Å². The van der Waals surface area contributed by atoms with Gasteiger partial charge in [0.25, 0.3) is 0 Å². The third-order valence-corrected chi connectivity index (χ3v) is 4.08. The molecule has 0 saturated carbocycles. The lowest BCUT2D eigenvalue weighted by molar-refractivity contribution is 0.104. The van der Waals surface area contributed by atoms with Crippen molar-refractivity contribution < 1.29 is 19.0 Å². The third kappa shape index (κ3) is 1.87. The van der Waals surface area contributed by atoms with E-state index >= 15 is 0 Å². The van der Waals surface area contributed by atoms with Crippen LogP contribution in [0.3, 0.4) is 0 Å². The summed E-state index contributed by atoms with van der Waals surface area (Å²) in [5, 5.41) is 0. The van der Waals surface area contributed by atoms with E-state index in [1.165, 1.54) is 0 Å². The molecule has 1 aliphatic rings. The second-order valence-corrected chi connectivity index (χ2v) is 5.13. The van der Waals surface area contributed by atoms with E-state index < -0.39 is 0 Å². The molecule has 3 rings (SSSR count). The Labute approximate surface area is 129 Å². The molecule has 0 saturated heterocycles. The maximum Gasteiger partial charge on any atom is 0.203 e. The van der Waals surface area contributed by atoms with E-state index in [0.29, 0.717) is 28.4 Å². The van der Waals surface area contributed by atoms with Crippen molar-refractivity contribution in [2.24, 2.45) is 0 Å². The summed E-state index contributed by atoms with van der Waals surface area (Å²) in [7, 11) is 4.68. The van der Waals surface area contributed by atoms with Gasteiger partial charge in [0.05, 0.1) is 21.3 Å². The average Bonchev–Trinajstić information content (AvgIpc) is 2.84. The number of carbonyl (C=O) groups excluding carboxylic acids is 1. The Balaban J connectivity index is 2.34. The van der Waals surface area contributed by atoms with E-state index in [4.69, 9.17) is 14.2 Å². The highest BCUT2D eigenvalue weighted by Gasteiger charge is 2.33. The molecule has 2 aromatic carbocycles. The van der Waals surface area contributed by atoms with Crippen molar-refractivity contribution in [1.82, 2.24) is 0 Å². The van der Waals surface area contributed by atoms with E-state index in [1.807, 2.05) is 18.2 Å². The fourth-order valence-corrected chi connectivity index (χ4v) is 2.96.